The third kappa shape index (κ3) is 4.32. The van der Waals surface area contributed by atoms with E-state index < -0.39 is 0 Å². The molecule has 0 spiro atoms. The van der Waals surface area contributed by atoms with E-state index in [1.807, 2.05) is 38.1 Å². The minimum atomic E-state index is -0.240. The minimum absolute atomic E-state index is 0.0329. The first kappa shape index (κ1) is 19.8. The Kier molecular flexibility index (Phi) is 5.19. The number of aromatic nitrogens is 2. The number of nitrogens with zero attached hydrogens (tertiary/aromatic N) is 3. The summed E-state index contributed by atoms with van der Waals surface area (Å²) in [5, 5.41) is 4.07. The second kappa shape index (κ2) is 8.15. The first-order chi connectivity index (χ1) is 15.1. The lowest BCUT2D eigenvalue weighted by Crippen LogP contribution is -2.22. The van der Waals surface area contributed by atoms with Gasteiger partial charge in [-0.2, -0.15) is 4.99 Å². The Hall–Kier alpha value is -3.19. The summed E-state index contributed by atoms with van der Waals surface area (Å²) in [5.74, 6) is 0.919. The van der Waals surface area contributed by atoms with Crippen LogP contribution in [0.2, 0.25) is 0 Å². The summed E-state index contributed by atoms with van der Waals surface area (Å²) < 4.78 is 5.86. The van der Waals surface area contributed by atoms with Gasteiger partial charge in [0.1, 0.15) is 11.3 Å². The largest absolute Gasteiger partial charge is 0.489 e. The van der Waals surface area contributed by atoms with Crippen LogP contribution in [0.5, 0.6) is 5.75 Å². The Morgan fingerprint density at radius 3 is 2.81 bits per heavy atom. The summed E-state index contributed by atoms with van der Waals surface area (Å²) in [4.78, 5) is 26.2. The lowest BCUT2D eigenvalue weighted by atomic mass is 10.1. The molecule has 2 aromatic heterocycles. The number of thioether (sulfide) groups is 1. The zero-order valence-corrected chi connectivity index (χ0v) is 18.1. The molecular weight excluding hydrogens is 408 g/mol. The van der Waals surface area contributed by atoms with E-state index in [9.17, 15) is 4.79 Å². The molecule has 1 unspecified atom stereocenters. The summed E-state index contributed by atoms with van der Waals surface area (Å²) >= 11 is 1.36. The molecule has 0 radical (unpaired) electrons. The monoisotopic (exact) mass is 430 g/mol. The van der Waals surface area contributed by atoms with Crippen molar-refractivity contribution in [3.63, 3.8) is 0 Å². The second-order valence-electron chi connectivity index (χ2n) is 7.92. The van der Waals surface area contributed by atoms with Crippen LogP contribution in [0.25, 0.3) is 17.1 Å². The number of nitrogens with one attached hydrogen (secondary N) is 1. The predicted octanol–water partition coefficient (Wildman–Crippen LogP) is 4.53. The van der Waals surface area contributed by atoms with Gasteiger partial charge in [-0.15, -0.1) is 0 Å². The van der Waals surface area contributed by atoms with Gasteiger partial charge in [-0.3, -0.25) is 9.78 Å². The molecule has 1 amide bonds. The summed E-state index contributed by atoms with van der Waals surface area (Å²) in [6, 6.07) is 16.3. The number of amides is 1. The Morgan fingerprint density at radius 2 is 2.00 bits per heavy atom. The molecule has 0 saturated heterocycles. The molecule has 5 rings (SSSR count). The van der Waals surface area contributed by atoms with Crippen molar-refractivity contribution < 1.29 is 9.53 Å². The molecule has 1 aliphatic heterocycles. The number of pyridine rings is 2. The van der Waals surface area contributed by atoms with Crippen molar-refractivity contribution in [3.8, 4) is 5.75 Å². The smallest absolute Gasteiger partial charge is 0.286 e. The number of carbonyl (C=O) groups is 1. The molecule has 31 heavy (non-hydrogen) atoms. The van der Waals surface area contributed by atoms with E-state index in [1.54, 1.807) is 12.3 Å². The summed E-state index contributed by atoms with van der Waals surface area (Å²) in [7, 11) is 0. The van der Waals surface area contributed by atoms with Gasteiger partial charge in [0.15, 0.2) is 5.17 Å². The highest BCUT2D eigenvalue weighted by Crippen LogP contribution is 2.42. The van der Waals surface area contributed by atoms with Crippen molar-refractivity contribution in [1.82, 2.24) is 15.3 Å². The van der Waals surface area contributed by atoms with Crippen LogP contribution in [-0.2, 0) is 4.79 Å². The van der Waals surface area contributed by atoms with Crippen molar-refractivity contribution >= 4 is 39.9 Å². The molecule has 1 saturated carbocycles. The molecule has 3 aromatic rings. The van der Waals surface area contributed by atoms with Crippen molar-refractivity contribution in [1.29, 1.82) is 0 Å². The van der Waals surface area contributed by atoms with Crippen LogP contribution in [-0.4, -0.2) is 33.2 Å². The van der Waals surface area contributed by atoms with Crippen LogP contribution in [0.15, 0.2) is 64.6 Å². The molecular formula is C24H22N4O2S. The van der Waals surface area contributed by atoms with Crippen LogP contribution in [0.1, 0.15) is 37.4 Å². The zero-order valence-electron chi connectivity index (χ0n) is 17.3. The number of ether oxygens (including phenoxy) is 1. The normalized spacial score (nSPS) is 21.6. The second-order valence-corrected chi connectivity index (χ2v) is 8.95. The molecule has 2 aliphatic rings. The summed E-state index contributed by atoms with van der Waals surface area (Å²) in [5.41, 5.74) is 3.43. The third-order valence-electron chi connectivity index (χ3n) is 5.16. The van der Waals surface area contributed by atoms with E-state index >= 15 is 0 Å². The number of fused-ring (bicyclic) bond motifs is 1. The van der Waals surface area contributed by atoms with Gasteiger partial charge in [-0.05, 0) is 55.8 Å². The van der Waals surface area contributed by atoms with E-state index in [0.29, 0.717) is 39.0 Å². The number of rotatable bonds is 5. The molecule has 6 nitrogen and oxygen atoms in total. The molecule has 1 aliphatic carbocycles. The molecule has 0 bridgehead atoms. The van der Waals surface area contributed by atoms with E-state index in [-0.39, 0.29) is 12.0 Å². The number of aliphatic imine (C=N–C) groups is 1. The fourth-order valence-electron chi connectivity index (χ4n) is 3.63. The summed E-state index contributed by atoms with van der Waals surface area (Å²) in [6.45, 7) is 3.94. The van der Waals surface area contributed by atoms with E-state index in [4.69, 9.17) is 4.74 Å². The van der Waals surface area contributed by atoms with Gasteiger partial charge >= 0.3 is 0 Å². The van der Waals surface area contributed by atoms with Crippen LogP contribution >= 0.6 is 11.8 Å². The lowest BCUT2D eigenvalue weighted by Gasteiger charge is -2.11. The van der Waals surface area contributed by atoms with Crippen molar-refractivity contribution in [2.75, 3.05) is 0 Å². The van der Waals surface area contributed by atoms with Crippen molar-refractivity contribution in [2.45, 2.75) is 38.3 Å². The average molecular weight is 431 g/mol. The first-order valence-electron chi connectivity index (χ1n) is 10.3. The lowest BCUT2D eigenvalue weighted by molar-refractivity contribution is -0.113. The first-order valence-corrected chi connectivity index (χ1v) is 11.1. The van der Waals surface area contributed by atoms with Crippen LogP contribution < -0.4 is 10.1 Å². The highest BCUT2D eigenvalue weighted by molar-refractivity contribution is 8.18. The Balaban J connectivity index is 1.31. The third-order valence-corrected chi connectivity index (χ3v) is 6.07. The maximum atomic E-state index is 12.4. The quantitative estimate of drug-likeness (QED) is 0.599. The highest BCUT2D eigenvalue weighted by atomic mass is 32.2. The van der Waals surface area contributed by atoms with Crippen LogP contribution in [0.3, 0.4) is 0 Å². The van der Waals surface area contributed by atoms with Crippen molar-refractivity contribution in [2.24, 2.45) is 4.99 Å². The zero-order chi connectivity index (χ0) is 21.4. The Labute approximate surface area is 184 Å². The van der Waals surface area contributed by atoms with Gasteiger partial charge in [0, 0.05) is 24.2 Å². The fourth-order valence-corrected chi connectivity index (χ4v) is 4.49. The van der Waals surface area contributed by atoms with E-state index in [0.717, 1.165) is 11.9 Å². The maximum Gasteiger partial charge on any atom is 0.286 e. The number of hydrogen-bond acceptors (Lipinski definition) is 6. The SMILES string of the molecule is CC(C)Oc1ccnc2ccc(/C=C3\SC(NC4C[C@H]4c4ccccc4)=NC3=O)nc12. The number of hydrogen-bond donors (Lipinski definition) is 1. The molecule has 7 heteroatoms. The Bertz CT molecular complexity index is 1210. The molecule has 2 atom stereocenters. The number of carbonyl (C=O) groups excluding carboxylic acids is 1. The standard InChI is InChI=1S/C24H22N4O2S/c1-14(2)30-20-10-11-25-18-9-8-16(26-22(18)20)12-21-23(29)28-24(31-21)27-19-13-17(19)15-6-4-3-5-7-15/h3-12,14,17,19H,13H2,1-2H3,(H,27,28,29)/b21-12-/t17-,19?/m0/s1. The van der Waals surface area contributed by atoms with E-state index in [1.165, 1.54) is 17.3 Å². The van der Waals surface area contributed by atoms with Gasteiger partial charge in [0.2, 0.25) is 0 Å². The molecule has 1 N–H and O–H groups in total. The number of amidine groups is 1. The maximum absolute atomic E-state index is 12.4. The topological polar surface area (TPSA) is 76.5 Å². The van der Waals surface area contributed by atoms with Gasteiger partial charge < -0.3 is 10.1 Å². The van der Waals surface area contributed by atoms with Gasteiger partial charge in [-0.25, -0.2) is 4.98 Å². The van der Waals surface area contributed by atoms with Crippen molar-refractivity contribution in [3.05, 3.63) is 70.9 Å². The molecule has 3 heterocycles. The van der Waals surface area contributed by atoms with Gasteiger partial charge in [0.05, 0.1) is 22.2 Å². The minimum Gasteiger partial charge on any atom is -0.489 e. The highest BCUT2D eigenvalue weighted by Gasteiger charge is 2.40. The molecule has 1 fully saturated rings. The average Bonchev–Trinajstić information content (AvgIpc) is 3.44. The van der Waals surface area contributed by atoms with Gasteiger partial charge in [0.25, 0.3) is 5.91 Å². The molecule has 1 aromatic carbocycles. The Morgan fingerprint density at radius 1 is 1.16 bits per heavy atom. The number of benzene rings is 1. The molecule has 156 valence electrons. The summed E-state index contributed by atoms with van der Waals surface area (Å²) in [6.07, 6.45) is 4.57. The van der Waals surface area contributed by atoms with Crippen LogP contribution in [0.4, 0.5) is 0 Å². The predicted molar refractivity (Wildman–Crippen MR) is 124 cm³/mol. The van der Waals surface area contributed by atoms with Crippen LogP contribution in [0, 0.1) is 0 Å². The van der Waals surface area contributed by atoms with E-state index in [2.05, 4.69) is 44.5 Å². The van der Waals surface area contributed by atoms with Gasteiger partial charge in [-0.1, -0.05) is 30.3 Å². The fraction of sp³-hybridized carbons (Fsp3) is 0.250.